The van der Waals surface area contributed by atoms with Crippen molar-refractivity contribution in [2.24, 2.45) is 0 Å². The molecule has 0 saturated carbocycles. The van der Waals surface area contributed by atoms with Crippen LogP contribution in [-0.4, -0.2) is 22.9 Å². The summed E-state index contributed by atoms with van der Waals surface area (Å²) in [5, 5.41) is 14.1. The normalized spacial score (nSPS) is 11.5. The summed E-state index contributed by atoms with van der Waals surface area (Å²) >= 11 is 11.7. The number of ether oxygens (including phenoxy) is 1. The molecule has 0 saturated heterocycles. The van der Waals surface area contributed by atoms with E-state index in [1.807, 2.05) is 0 Å². The van der Waals surface area contributed by atoms with Crippen molar-refractivity contribution < 1.29 is 19.2 Å². The highest BCUT2D eigenvalue weighted by atomic mass is 35.5. The van der Waals surface area contributed by atoms with Crippen molar-refractivity contribution in [3.05, 3.63) is 68.2 Å². The van der Waals surface area contributed by atoms with Gasteiger partial charge in [0.25, 0.3) is 11.6 Å². The van der Waals surface area contributed by atoms with E-state index in [-0.39, 0.29) is 10.6 Å². The molecule has 1 N–H and O–H groups in total. The van der Waals surface area contributed by atoms with Gasteiger partial charge in [-0.2, -0.15) is 0 Å². The Morgan fingerprint density at radius 3 is 2.52 bits per heavy atom. The van der Waals surface area contributed by atoms with Gasteiger partial charge >= 0.3 is 5.97 Å². The van der Waals surface area contributed by atoms with Gasteiger partial charge in [-0.05, 0) is 31.2 Å². The van der Waals surface area contributed by atoms with Crippen LogP contribution in [0.4, 0.5) is 11.4 Å². The first kappa shape index (κ1) is 18.7. The SMILES string of the molecule is CC(OC(=O)c1ccccc1[N+](=O)[O-])C(=O)Nc1ccc(Cl)cc1Cl. The van der Waals surface area contributed by atoms with Crippen LogP contribution in [0.1, 0.15) is 17.3 Å². The fourth-order valence-electron chi connectivity index (χ4n) is 1.91. The number of amides is 1. The smallest absolute Gasteiger partial charge is 0.345 e. The first-order valence-electron chi connectivity index (χ1n) is 7.00. The van der Waals surface area contributed by atoms with Crippen LogP contribution in [0.5, 0.6) is 0 Å². The molecule has 0 aromatic heterocycles. The topological polar surface area (TPSA) is 98.5 Å². The van der Waals surface area contributed by atoms with Gasteiger partial charge in [0.05, 0.1) is 15.6 Å². The van der Waals surface area contributed by atoms with Crippen molar-refractivity contribution in [3.8, 4) is 0 Å². The Labute approximate surface area is 152 Å². The molecule has 0 aliphatic heterocycles. The van der Waals surface area contributed by atoms with Crippen molar-refractivity contribution in [2.45, 2.75) is 13.0 Å². The number of hydrogen-bond donors (Lipinski definition) is 1. The van der Waals surface area contributed by atoms with E-state index in [1.165, 1.54) is 49.4 Å². The molecule has 0 radical (unpaired) electrons. The maximum atomic E-state index is 12.1. The van der Waals surface area contributed by atoms with Gasteiger partial charge in [0.1, 0.15) is 5.56 Å². The Hall–Kier alpha value is -2.64. The minimum Gasteiger partial charge on any atom is -0.449 e. The molecule has 0 fully saturated rings. The number of rotatable bonds is 5. The number of nitrogens with zero attached hydrogens (tertiary/aromatic N) is 1. The summed E-state index contributed by atoms with van der Waals surface area (Å²) in [6.45, 7) is 1.34. The number of carbonyl (C=O) groups is 2. The van der Waals surface area contributed by atoms with Crippen LogP contribution in [0, 0.1) is 10.1 Å². The van der Waals surface area contributed by atoms with E-state index in [2.05, 4.69) is 5.32 Å². The van der Waals surface area contributed by atoms with Crippen molar-refractivity contribution in [2.75, 3.05) is 5.32 Å². The lowest BCUT2D eigenvalue weighted by Gasteiger charge is -2.14. The van der Waals surface area contributed by atoms with E-state index >= 15 is 0 Å². The minimum atomic E-state index is -1.20. The van der Waals surface area contributed by atoms with Crippen molar-refractivity contribution in [3.63, 3.8) is 0 Å². The Balaban J connectivity index is 2.08. The lowest BCUT2D eigenvalue weighted by Crippen LogP contribution is -2.30. The van der Waals surface area contributed by atoms with Crippen LogP contribution < -0.4 is 5.32 Å². The molecule has 130 valence electrons. The number of halogens is 2. The predicted octanol–water partition coefficient (Wildman–Crippen LogP) is 4.09. The summed E-state index contributed by atoms with van der Waals surface area (Å²) in [5.74, 6) is -1.62. The summed E-state index contributed by atoms with van der Waals surface area (Å²) in [7, 11) is 0. The largest absolute Gasteiger partial charge is 0.449 e. The quantitative estimate of drug-likeness (QED) is 0.477. The number of esters is 1. The molecule has 1 unspecified atom stereocenters. The highest BCUT2D eigenvalue weighted by Gasteiger charge is 2.25. The molecule has 0 bridgehead atoms. The second kappa shape index (κ2) is 7.96. The van der Waals surface area contributed by atoms with Gasteiger partial charge in [-0.1, -0.05) is 35.3 Å². The Morgan fingerprint density at radius 2 is 1.88 bits per heavy atom. The molecule has 0 aliphatic carbocycles. The van der Waals surface area contributed by atoms with E-state index in [0.717, 1.165) is 0 Å². The molecule has 1 amide bonds. The van der Waals surface area contributed by atoms with Gasteiger partial charge in [-0.15, -0.1) is 0 Å². The molecule has 9 heteroatoms. The summed E-state index contributed by atoms with van der Waals surface area (Å²) < 4.78 is 5.00. The molecule has 0 heterocycles. The molecular formula is C16H12Cl2N2O5. The maximum absolute atomic E-state index is 12.1. The number of benzene rings is 2. The van der Waals surface area contributed by atoms with E-state index in [0.29, 0.717) is 10.7 Å². The molecule has 1 atom stereocenters. The van der Waals surface area contributed by atoms with Gasteiger partial charge in [0, 0.05) is 11.1 Å². The Kier molecular flexibility index (Phi) is 5.95. The molecule has 7 nitrogen and oxygen atoms in total. The van der Waals surface area contributed by atoms with Crippen LogP contribution in [0.3, 0.4) is 0 Å². The number of nitrogens with one attached hydrogen (secondary N) is 1. The fourth-order valence-corrected chi connectivity index (χ4v) is 2.36. The van der Waals surface area contributed by atoms with Gasteiger partial charge in [-0.3, -0.25) is 14.9 Å². The fraction of sp³-hybridized carbons (Fsp3) is 0.125. The average molecular weight is 383 g/mol. The maximum Gasteiger partial charge on any atom is 0.345 e. The van der Waals surface area contributed by atoms with Gasteiger partial charge in [0.15, 0.2) is 6.10 Å². The molecule has 2 aromatic carbocycles. The van der Waals surface area contributed by atoms with Crippen molar-refractivity contribution >= 4 is 46.5 Å². The zero-order chi connectivity index (χ0) is 18.6. The lowest BCUT2D eigenvalue weighted by atomic mass is 10.2. The van der Waals surface area contributed by atoms with Crippen LogP contribution in [0.25, 0.3) is 0 Å². The third kappa shape index (κ3) is 4.68. The van der Waals surface area contributed by atoms with Crippen LogP contribution in [0.2, 0.25) is 10.0 Å². The van der Waals surface area contributed by atoms with Crippen LogP contribution in [-0.2, 0) is 9.53 Å². The first-order chi connectivity index (χ1) is 11.8. The molecule has 0 spiro atoms. The standard InChI is InChI=1S/C16H12Cl2N2O5/c1-9(15(21)19-13-7-6-10(17)8-12(13)18)25-16(22)11-4-2-3-5-14(11)20(23)24/h2-9H,1H3,(H,19,21). The lowest BCUT2D eigenvalue weighted by molar-refractivity contribution is -0.385. The monoisotopic (exact) mass is 382 g/mol. The minimum absolute atomic E-state index is 0.220. The first-order valence-corrected chi connectivity index (χ1v) is 7.75. The molecule has 0 aliphatic rings. The predicted molar refractivity (Wildman–Crippen MR) is 93.1 cm³/mol. The third-order valence-electron chi connectivity index (χ3n) is 3.16. The second-order valence-electron chi connectivity index (χ2n) is 4.94. The molecular weight excluding hydrogens is 371 g/mol. The van der Waals surface area contributed by atoms with Crippen LogP contribution >= 0.6 is 23.2 Å². The molecule has 2 rings (SSSR count). The summed E-state index contributed by atoms with van der Waals surface area (Å²) in [6.07, 6.45) is -1.20. The van der Waals surface area contributed by atoms with Crippen molar-refractivity contribution in [1.82, 2.24) is 0 Å². The number of nitro benzene ring substituents is 1. The second-order valence-corrected chi connectivity index (χ2v) is 5.78. The van der Waals surface area contributed by atoms with Crippen molar-refractivity contribution in [1.29, 1.82) is 0 Å². The highest BCUT2D eigenvalue weighted by Crippen LogP contribution is 2.25. The molecule has 25 heavy (non-hydrogen) atoms. The van der Waals surface area contributed by atoms with Gasteiger partial charge in [-0.25, -0.2) is 4.79 Å². The van der Waals surface area contributed by atoms with E-state index in [4.69, 9.17) is 27.9 Å². The third-order valence-corrected chi connectivity index (χ3v) is 3.71. The number of nitro groups is 1. The Morgan fingerprint density at radius 1 is 1.20 bits per heavy atom. The Bertz CT molecular complexity index is 841. The van der Waals surface area contributed by atoms with Gasteiger partial charge in [0.2, 0.25) is 0 Å². The van der Waals surface area contributed by atoms with E-state index in [9.17, 15) is 19.7 Å². The zero-order valence-corrected chi connectivity index (χ0v) is 14.4. The number of hydrogen-bond acceptors (Lipinski definition) is 5. The number of para-hydroxylation sites is 1. The number of anilines is 1. The zero-order valence-electron chi connectivity index (χ0n) is 12.9. The number of carbonyl (C=O) groups excluding carboxylic acids is 2. The van der Waals surface area contributed by atoms with Crippen LogP contribution in [0.15, 0.2) is 42.5 Å². The van der Waals surface area contributed by atoms with E-state index in [1.54, 1.807) is 0 Å². The van der Waals surface area contributed by atoms with E-state index < -0.39 is 28.6 Å². The van der Waals surface area contributed by atoms with Gasteiger partial charge < -0.3 is 10.1 Å². The summed E-state index contributed by atoms with van der Waals surface area (Å²) in [5.41, 5.74) is -0.345. The summed E-state index contributed by atoms with van der Waals surface area (Å²) in [4.78, 5) is 34.5. The summed E-state index contributed by atoms with van der Waals surface area (Å²) in [6, 6.07) is 9.79. The average Bonchev–Trinajstić information content (AvgIpc) is 2.57. The highest BCUT2D eigenvalue weighted by molar-refractivity contribution is 6.36. The molecule has 2 aromatic rings.